The maximum Gasteiger partial charge on any atom is 0.466 e. The van der Waals surface area contributed by atoms with Crippen LogP contribution >= 0.6 is 55.6 Å². The third kappa shape index (κ3) is 7.75. The third-order valence-corrected chi connectivity index (χ3v) is 2.86. The number of nitrogens with one attached hydrogen (secondary N) is 1. The van der Waals surface area contributed by atoms with Crippen molar-refractivity contribution in [2.24, 2.45) is 5.84 Å². The summed E-state index contributed by atoms with van der Waals surface area (Å²) in [7, 11) is -4.64. The number of phosphoric acid groups is 1. The van der Waals surface area contributed by atoms with E-state index < -0.39 is 7.82 Å². The second-order valence-corrected chi connectivity index (χ2v) is 6.05. The van der Waals surface area contributed by atoms with Crippen molar-refractivity contribution < 1.29 is 19.2 Å². The van der Waals surface area contributed by atoms with Gasteiger partial charge in [0, 0.05) is 13.4 Å². The zero-order valence-electron chi connectivity index (χ0n) is 7.56. The van der Waals surface area contributed by atoms with E-state index in [9.17, 15) is 0 Å². The van der Waals surface area contributed by atoms with Crippen molar-refractivity contribution >= 4 is 61.3 Å². The molecule has 6 nitrogen and oxygen atoms in total. The number of hydrogen-bond donors (Lipinski definition) is 5. The van der Waals surface area contributed by atoms with Gasteiger partial charge in [-0.2, -0.15) is 0 Å². The summed E-state index contributed by atoms with van der Waals surface area (Å²) in [6, 6.07) is 3.83. The lowest BCUT2D eigenvalue weighted by Gasteiger charge is -2.05. The molecule has 0 aliphatic rings. The SMILES string of the molecule is NNc1c(Br)cc(Br)cc1Br.O=P(O)(O)O. The minimum atomic E-state index is -4.64. The van der Waals surface area contributed by atoms with E-state index in [1.807, 2.05) is 12.1 Å². The molecule has 0 saturated carbocycles. The van der Waals surface area contributed by atoms with Crippen LogP contribution in [0.15, 0.2) is 25.6 Å². The number of hydrogen-bond acceptors (Lipinski definition) is 3. The molecule has 0 aliphatic carbocycles. The van der Waals surface area contributed by atoms with E-state index in [0.717, 1.165) is 19.1 Å². The van der Waals surface area contributed by atoms with Crippen LogP contribution in [-0.2, 0) is 4.57 Å². The lowest BCUT2D eigenvalue weighted by Crippen LogP contribution is -2.07. The summed E-state index contributed by atoms with van der Waals surface area (Å²) in [5.74, 6) is 5.28. The molecular weight excluding hydrogens is 435 g/mol. The van der Waals surface area contributed by atoms with Gasteiger partial charge in [-0.05, 0) is 44.0 Å². The molecule has 0 radical (unpaired) electrons. The molecule has 0 unspecified atom stereocenters. The van der Waals surface area contributed by atoms with E-state index in [2.05, 4.69) is 53.2 Å². The van der Waals surface area contributed by atoms with Crippen LogP contribution in [0.3, 0.4) is 0 Å². The highest BCUT2D eigenvalue weighted by atomic mass is 79.9. The average molecular weight is 443 g/mol. The van der Waals surface area contributed by atoms with Crippen LogP contribution in [0, 0.1) is 0 Å². The van der Waals surface area contributed by atoms with E-state index in [1.54, 1.807) is 0 Å². The smallest absolute Gasteiger partial charge is 0.322 e. The minimum absolute atomic E-state index is 0.841. The molecule has 0 bridgehead atoms. The van der Waals surface area contributed by atoms with Gasteiger partial charge in [0.2, 0.25) is 0 Å². The third-order valence-electron chi connectivity index (χ3n) is 1.15. The fraction of sp³-hybridized carbons (Fsp3) is 0. The van der Waals surface area contributed by atoms with Gasteiger partial charge in [0.05, 0.1) is 5.69 Å². The lowest BCUT2D eigenvalue weighted by atomic mass is 10.3. The molecule has 10 heteroatoms. The van der Waals surface area contributed by atoms with Crippen LogP contribution in [0.5, 0.6) is 0 Å². The van der Waals surface area contributed by atoms with Crippen molar-refractivity contribution in [1.29, 1.82) is 0 Å². The minimum Gasteiger partial charge on any atom is -0.322 e. The fourth-order valence-electron chi connectivity index (χ4n) is 0.680. The maximum absolute atomic E-state index is 8.88. The van der Waals surface area contributed by atoms with Crippen LogP contribution in [0.25, 0.3) is 0 Å². The van der Waals surface area contributed by atoms with Crippen molar-refractivity contribution in [3.63, 3.8) is 0 Å². The van der Waals surface area contributed by atoms with Gasteiger partial charge in [0.25, 0.3) is 0 Å². The van der Waals surface area contributed by atoms with Crippen molar-refractivity contribution in [3.05, 3.63) is 25.6 Å². The number of hydrazine groups is 1. The summed E-state index contributed by atoms with van der Waals surface area (Å²) in [5.41, 5.74) is 3.42. The van der Waals surface area contributed by atoms with Gasteiger partial charge in [-0.25, -0.2) is 4.57 Å². The first-order chi connectivity index (χ1) is 7.15. The first-order valence-electron chi connectivity index (χ1n) is 3.54. The number of nitrogens with two attached hydrogens (primary N) is 1. The van der Waals surface area contributed by atoms with Crippen LogP contribution in [0.4, 0.5) is 5.69 Å². The quantitative estimate of drug-likeness (QED) is 0.259. The van der Waals surface area contributed by atoms with Gasteiger partial charge >= 0.3 is 7.82 Å². The summed E-state index contributed by atoms with van der Waals surface area (Å²) < 4.78 is 11.7. The van der Waals surface area contributed by atoms with Crippen molar-refractivity contribution in [1.82, 2.24) is 0 Å². The number of halogens is 3. The Morgan fingerprint density at radius 2 is 1.44 bits per heavy atom. The second-order valence-electron chi connectivity index (χ2n) is 2.40. The van der Waals surface area contributed by atoms with E-state index in [1.165, 1.54) is 0 Å². The number of anilines is 1. The van der Waals surface area contributed by atoms with E-state index in [0.29, 0.717) is 0 Å². The molecule has 0 heterocycles. The molecule has 6 N–H and O–H groups in total. The summed E-state index contributed by atoms with van der Waals surface area (Å²) >= 11 is 10.1. The topological polar surface area (TPSA) is 116 Å². The highest BCUT2D eigenvalue weighted by Gasteiger charge is 2.03. The fourth-order valence-corrected chi connectivity index (χ4v) is 3.17. The molecule has 0 fully saturated rings. The zero-order valence-corrected chi connectivity index (χ0v) is 13.2. The van der Waals surface area contributed by atoms with E-state index in [4.69, 9.17) is 25.1 Å². The first-order valence-corrected chi connectivity index (χ1v) is 7.49. The molecule has 16 heavy (non-hydrogen) atoms. The van der Waals surface area contributed by atoms with Gasteiger partial charge in [-0.15, -0.1) is 0 Å². The van der Waals surface area contributed by atoms with Crippen LogP contribution in [-0.4, -0.2) is 14.7 Å². The molecule has 0 aromatic heterocycles. The Bertz CT molecular complexity index is 379. The number of nitrogen functional groups attached to an aromatic ring is 1. The van der Waals surface area contributed by atoms with E-state index in [-0.39, 0.29) is 0 Å². The molecule has 1 rings (SSSR count). The Labute approximate surface area is 117 Å². The summed E-state index contributed by atoms with van der Waals surface area (Å²) in [4.78, 5) is 21.6. The maximum atomic E-state index is 8.88. The largest absolute Gasteiger partial charge is 0.466 e. The van der Waals surface area contributed by atoms with Gasteiger partial charge in [-0.1, -0.05) is 15.9 Å². The Kier molecular flexibility index (Phi) is 7.31. The monoisotopic (exact) mass is 440 g/mol. The number of rotatable bonds is 1. The summed E-state index contributed by atoms with van der Waals surface area (Å²) in [6.07, 6.45) is 0. The summed E-state index contributed by atoms with van der Waals surface area (Å²) in [6.45, 7) is 0. The first kappa shape index (κ1) is 16.5. The van der Waals surface area contributed by atoms with Gasteiger partial charge < -0.3 is 20.1 Å². The predicted octanol–water partition coefficient (Wildman–Crippen LogP) is 2.33. The van der Waals surface area contributed by atoms with Crippen molar-refractivity contribution in [2.75, 3.05) is 5.43 Å². The molecule has 1 aromatic rings. The van der Waals surface area contributed by atoms with Gasteiger partial charge in [-0.3, -0.25) is 5.84 Å². The second kappa shape index (κ2) is 7.07. The zero-order chi connectivity index (χ0) is 12.9. The van der Waals surface area contributed by atoms with Crippen LogP contribution in [0.2, 0.25) is 0 Å². The van der Waals surface area contributed by atoms with Crippen LogP contribution in [0.1, 0.15) is 0 Å². The Hall–Kier alpha value is 0.530. The predicted molar refractivity (Wildman–Crippen MR) is 71.6 cm³/mol. The molecular formula is C6H8Br3N2O4P. The Balaban J connectivity index is 0.000000385. The average Bonchev–Trinajstić information content (AvgIpc) is 1.99. The summed E-state index contributed by atoms with van der Waals surface area (Å²) in [5, 5.41) is 0. The standard InChI is InChI=1S/C6H5Br3N2.H3O4P/c7-3-1-4(8)6(11-10)5(9)2-3;1-5(2,3)4/h1-2,11H,10H2;(H3,1,2,3,4). The van der Waals surface area contributed by atoms with Gasteiger partial charge in [0.1, 0.15) is 0 Å². The molecule has 0 aliphatic heterocycles. The Morgan fingerprint density at radius 1 is 1.12 bits per heavy atom. The normalized spacial score (nSPS) is 10.4. The molecule has 92 valence electrons. The highest BCUT2D eigenvalue weighted by molar-refractivity contribution is 9.11. The highest BCUT2D eigenvalue weighted by Crippen LogP contribution is 2.33. The molecule has 1 aromatic carbocycles. The van der Waals surface area contributed by atoms with E-state index >= 15 is 0 Å². The number of benzene rings is 1. The molecule has 0 saturated heterocycles. The lowest BCUT2D eigenvalue weighted by molar-refractivity contribution is 0.275. The Morgan fingerprint density at radius 3 is 1.69 bits per heavy atom. The van der Waals surface area contributed by atoms with Gasteiger partial charge in [0.15, 0.2) is 0 Å². The molecule has 0 atom stereocenters. The van der Waals surface area contributed by atoms with Crippen molar-refractivity contribution in [2.45, 2.75) is 0 Å². The molecule has 0 spiro atoms. The van der Waals surface area contributed by atoms with Crippen LogP contribution < -0.4 is 11.3 Å². The molecule has 0 amide bonds. The van der Waals surface area contributed by atoms with Crippen molar-refractivity contribution in [3.8, 4) is 0 Å².